The predicted octanol–water partition coefficient (Wildman–Crippen LogP) is 0.801. The van der Waals surface area contributed by atoms with Crippen LogP contribution < -0.4 is 10.6 Å². The minimum Gasteiger partial charge on any atom is -0.390 e. The molecule has 22 heavy (non-hydrogen) atoms. The van der Waals surface area contributed by atoms with Crippen LogP contribution in [0.25, 0.3) is 0 Å². The second kappa shape index (κ2) is 10.1. The van der Waals surface area contributed by atoms with Gasteiger partial charge in [-0.05, 0) is 24.6 Å². The van der Waals surface area contributed by atoms with Crippen LogP contribution in [0.3, 0.4) is 0 Å². The van der Waals surface area contributed by atoms with Crippen molar-refractivity contribution >= 4 is 38.9 Å². The summed E-state index contributed by atoms with van der Waals surface area (Å²) in [6, 6.07) is 3.23. The lowest BCUT2D eigenvalue weighted by Gasteiger charge is -2.12. The fraction of sp³-hybridized carbons (Fsp3) is 0.615. The topological polar surface area (TPSA) is 90.8 Å². The molecule has 0 aliphatic rings. The number of nitrogens with one attached hydrogen (secondary N) is 2. The van der Waals surface area contributed by atoms with E-state index in [1.165, 1.54) is 0 Å². The van der Waals surface area contributed by atoms with Gasteiger partial charge in [0.25, 0.3) is 0 Å². The van der Waals surface area contributed by atoms with E-state index in [4.69, 9.17) is 0 Å². The fourth-order valence-electron chi connectivity index (χ4n) is 1.64. The zero-order valence-electron chi connectivity index (χ0n) is 12.8. The third kappa shape index (κ3) is 6.99. The molecule has 1 rings (SSSR count). The lowest BCUT2D eigenvalue weighted by atomic mass is 10.4. The normalized spacial score (nSPS) is 13.9. The van der Waals surface area contributed by atoms with Gasteiger partial charge in [0.2, 0.25) is 0 Å². The zero-order chi connectivity index (χ0) is 16.4. The van der Waals surface area contributed by atoms with Gasteiger partial charge in [-0.15, -0.1) is 11.3 Å². The first kappa shape index (κ1) is 19.3. The van der Waals surface area contributed by atoms with Gasteiger partial charge >= 0.3 is 0 Å². The van der Waals surface area contributed by atoms with E-state index in [0.29, 0.717) is 12.5 Å². The Morgan fingerprint density at radius 3 is 2.86 bits per heavy atom. The largest absolute Gasteiger partial charge is 0.390 e. The number of thiophene rings is 1. The molecule has 0 saturated carbocycles. The van der Waals surface area contributed by atoms with E-state index in [2.05, 4.69) is 15.6 Å². The summed E-state index contributed by atoms with van der Waals surface area (Å²) in [7, 11) is -3.44. The van der Waals surface area contributed by atoms with Crippen LogP contribution in [0.1, 0.15) is 6.92 Å². The molecule has 0 fully saturated rings. The second-order valence-electron chi connectivity index (χ2n) is 4.51. The van der Waals surface area contributed by atoms with Crippen molar-refractivity contribution in [1.29, 1.82) is 0 Å². The van der Waals surface area contributed by atoms with Crippen LogP contribution in [-0.4, -0.2) is 63.0 Å². The Labute approximate surface area is 140 Å². The highest BCUT2D eigenvalue weighted by atomic mass is 32.2. The first-order chi connectivity index (χ1) is 10.5. The third-order valence-corrected chi connectivity index (χ3v) is 6.51. The maximum Gasteiger partial charge on any atom is 0.191 e. The molecule has 1 aromatic rings. The van der Waals surface area contributed by atoms with Crippen molar-refractivity contribution in [3.63, 3.8) is 0 Å². The lowest BCUT2D eigenvalue weighted by molar-refractivity contribution is 0.206. The molecule has 0 aromatic carbocycles. The summed E-state index contributed by atoms with van der Waals surface area (Å²) in [6.07, 6.45) is 0.994. The number of thioether (sulfide) groups is 1. The molecule has 0 bridgehead atoms. The highest BCUT2D eigenvalue weighted by molar-refractivity contribution is 7.98. The Kier molecular flexibility index (Phi) is 8.84. The average Bonchev–Trinajstić information content (AvgIpc) is 2.99. The molecule has 1 atom stereocenters. The van der Waals surface area contributed by atoms with Gasteiger partial charge in [-0.3, -0.25) is 4.99 Å². The summed E-state index contributed by atoms with van der Waals surface area (Å²) in [5.41, 5.74) is 0. The van der Waals surface area contributed by atoms with Crippen molar-refractivity contribution in [2.24, 2.45) is 4.99 Å². The summed E-state index contributed by atoms with van der Waals surface area (Å²) in [6.45, 7) is 3.45. The zero-order valence-corrected chi connectivity index (χ0v) is 15.2. The third-order valence-electron chi connectivity index (χ3n) is 2.62. The number of rotatable bonds is 9. The average molecular weight is 366 g/mol. The maximum absolute atomic E-state index is 12.1. The number of hydrogen-bond acceptors (Lipinski definition) is 6. The van der Waals surface area contributed by atoms with Gasteiger partial charge in [0.15, 0.2) is 15.8 Å². The van der Waals surface area contributed by atoms with E-state index in [1.807, 2.05) is 13.2 Å². The molecule has 0 spiro atoms. The first-order valence-electron chi connectivity index (χ1n) is 6.95. The van der Waals surface area contributed by atoms with Crippen LogP contribution in [-0.2, 0) is 9.84 Å². The van der Waals surface area contributed by atoms with E-state index >= 15 is 0 Å². The van der Waals surface area contributed by atoms with Crippen LogP contribution in [0.4, 0.5) is 0 Å². The van der Waals surface area contributed by atoms with Gasteiger partial charge in [-0.25, -0.2) is 8.42 Å². The minimum absolute atomic E-state index is 0.0409. The molecule has 9 heteroatoms. The second-order valence-corrected chi connectivity index (χ2v) is 8.70. The molecule has 6 nitrogen and oxygen atoms in total. The summed E-state index contributed by atoms with van der Waals surface area (Å²) < 4.78 is 24.4. The van der Waals surface area contributed by atoms with Crippen molar-refractivity contribution in [3.05, 3.63) is 17.5 Å². The predicted molar refractivity (Wildman–Crippen MR) is 94.7 cm³/mol. The maximum atomic E-state index is 12.1. The SMILES string of the molecule is CCNC(=NCC(O)CS(=O)(=O)c1cccs1)NCCSC. The monoisotopic (exact) mass is 365 g/mol. The van der Waals surface area contributed by atoms with Crippen LogP contribution >= 0.6 is 23.1 Å². The van der Waals surface area contributed by atoms with Gasteiger partial charge in [0, 0.05) is 18.8 Å². The van der Waals surface area contributed by atoms with Crippen LogP contribution in [0.2, 0.25) is 0 Å². The molecule has 1 heterocycles. The Hall–Kier alpha value is -0.770. The molecule has 1 aromatic heterocycles. The van der Waals surface area contributed by atoms with E-state index in [9.17, 15) is 13.5 Å². The first-order valence-corrected chi connectivity index (χ1v) is 10.9. The van der Waals surface area contributed by atoms with Gasteiger partial charge in [-0.1, -0.05) is 6.07 Å². The number of hydrogen-bond donors (Lipinski definition) is 3. The molecule has 1 unspecified atom stereocenters. The van der Waals surface area contributed by atoms with Crippen LogP contribution in [0, 0.1) is 0 Å². The number of nitrogens with zero attached hydrogens (tertiary/aromatic N) is 1. The summed E-state index contributed by atoms with van der Waals surface area (Å²) in [4.78, 5) is 4.22. The molecular formula is C13H23N3O3S3. The van der Waals surface area contributed by atoms with Crippen LogP contribution in [0.15, 0.2) is 26.7 Å². The Bertz CT molecular complexity index is 544. The van der Waals surface area contributed by atoms with Crippen molar-refractivity contribution in [3.8, 4) is 0 Å². The van der Waals surface area contributed by atoms with E-state index < -0.39 is 15.9 Å². The molecular weight excluding hydrogens is 342 g/mol. The van der Waals surface area contributed by atoms with Crippen LogP contribution in [0.5, 0.6) is 0 Å². The van der Waals surface area contributed by atoms with Gasteiger partial charge < -0.3 is 15.7 Å². The van der Waals surface area contributed by atoms with Crippen molar-refractivity contribution in [2.75, 3.05) is 37.4 Å². The van der Waals surface area contributed by atoms with Crippen molar-refractivity contribution in [2.45, 2.75) is 17.2 Å². The van der Waals surface area contributed by atoms with E-state index in [0.717, 1.165) is 23.6 Å². The number of aliphatic imine (C=N–C) groups is 1. The highest BCUT2D eigenvalue weighted by Crippen LogP contribution is 2.18. The fourth-order valence-corrected chi connectivity index (χ4v) is 4.41. The number of guanidine groups is 1. The van der Waals surface area contributed by atoms with Gasteiger partial charge in [0.05, 0.1) is 18.4 Å². The Morgan fingerprint density at radius 2 is 2.27 bits per heavy atom. The number of aliphatic hydroxyl groups is 1. The van der Waals surface area contributed by atoms with E-state index in [1.54, 1.807) is 29.3 Å². The quantitative estimate of drug-likeness (QED) is 0.341. The van der Waals surface area contributed by atoms with Gasteiger partial charge in [-0.2, -0.15) is 11.8 Å². The highest BCUT2D eigenvalue weighted by Gasteiger charge is 2.20. The van der Waals surface area contributed by atoms with Gasteiger partial charge in [0.1, 0.15) is 4.21 Å². The minimum atomic E-state index is -3.44. The molecule has 3 N–H and O–H groups in total. The smallest absolute Gasteiger partial charge is 0.191 e. The summed E-state index contributed by atoms with van der Waals surface area (Å²) in [5, 5.41) is 17.8. The lowest BCUT2D eigenvalue weighted by Crippen LogP contribution is -2.39. The summed E-state index contributed by atoms with van der Waals surface area (Å²) in [5.74, 6) is 1.21. The standard InChI is InChI=1S/C13H23N3O3S3/c1-3-14-13(15-6-8-20-2)16-9-11(17)10-22(18,19)12-5-4-7-21-12/h4-5,7,11,17H,3,6,8-10H2,1-2H3,(H2,14,15,16). The molecule has 0 aliphatic carbocycles. The molecule has 0 radical (unpaired) electrons. The number of aliphatic hydroxyl groups excluding tert-OH is 1. The van der Waals surface area contributed by atoms with E-state index in [-0.39, 0.29) is 16.5 Å². The Balaban J connectivity index is 2.54. The molecule has 0 amide bonds. The molecule has 0 aliphatic heterocycles. The molecule has 126 valence electrons. The van der Waals surface area contributed by atoms with Crippen molar-refractivity contribution in [1.82, 2.24) is 10.6 Å². The number of sulfone groups is 1. The van der Waals surface area contributed by atoms with Crippen molar-refractivity contribution < 1.29 is 13.5 Å². The summed E-state index contributed by atoms with van der Waals surface area (Å²) >= 11 is 2.88. The molecule has 0 saturated heterocycles. The Morgan fingerprint density at radius 1 is 1.50 bits per heavy atom.